The third-order valence-electron chi connectivity index (χ3n) is 5.77. The Bertz CT molecular complexity index is 1110. The minimum atomic E-state index is -3.74. The monoisotopic (exact) mass is 473 g/mol. The highest BCUT2D eigenvalue weighted by Gasteiger charge is 2.34. The fraction of sp³-hybridized carbons (Fsp3) is 0.417. The first-order valence-electron chi connectivity index (χ1n) is 11.0. The lowest BCUT2D eigenvalue weighted by Gasteiger charge is -2.31. The van der Waals surface area contributed by atoms with E-state index in [1.807, 2.05) is 19.9 Å². The molecule has 9 heteroatoms. The second-order valence-corrected chi connectivity index (χ2v) is 10.4. The smallest absolute Gasteiger partial charge is 0.246 e. The summed E-state index contributed by atoms with van der Waals surface area (Å²) in [5.41, 5.74) is 2.20. The molecular weight excluding hydrogens is 442 g/mol. The van der Waals surface area contributed by atoms with E-state index in [0.29, 0.717) is 30.0 Å². The van der Waals surface area contributed by atoms with Crippen molar-refractivity contribution < 1.29 is 22.7 Å². The number of nitrogens with zero attached hydrogens (tertiary/aromatic N) is 1. The van der Waals surface area contributed by atoms with Crippen molar-refractivity contribution in [1.29, 1.82) is 0 Å². The first-order valence-corrected chi connectivity index (χ1v) is 12.4. The average molecular weight is 474 g/mol. The number of ether oxygens (including phenoxy) is 1. The number of anilines is 2. The molecule has 0 unspecified atom stereocenters. The molecule has 0 spiro atoms. The van der Waals surface area contributed by atoms with E-state index in [0.717, 1.165) is 5.56 Å². The van der Waals surface area contributed by atoms with Crippen LogP contribution >= 0.6 is 0 Å². The molecule has 0 aromatic heterocycles. The molecule has 1 aliphatic heterocycles. The fourth-order valence-corrected chi connectivity index (χ4v) is 5.50. The molecule has 3 rings (SSSR count). The average Bonchev–Trinajstić information content (AvgIpc) is 2.79. The highest BCUT2D eigenvalue weighted by atomic mass is 32.2. The zero-order valence-corrected chi connectivity index (χ0v) is 20.2. The van der Waals surface area contributed by atoms with Gasteiger partial charge in [-0.2, -0.15) is 4.31 Å². The van der Waals surface area contributed by atoms with E-state index < -0.39 is 10.0 Å². The lowest BCUT2D eigenvalue weighted by atomic mass is 9.97. The molecule has 2 N–H and O–H groups in total. The molecule has 0 bridgehead atoms. The van der Waals surface area contributed by atoms with Crippen LogP contribution in [0.3, 0.4) is 0 Å². The van der Waals surface area contributed by atoms with Crippen LogP contribution in [0, 0.1) is 5.92 Å². The molecule has 8 nitrogen and oxygen atoms in total. The molecule has 0 saturated carbocycles. The predicted octanol–water partition coefficient (Wildman–Crippen LogP) is 3.82. The van der Waals surface area contributed by atoms with Crippen molar-refractivity contribution in [3.8, 4) is 5.75 Å². The van der Waals surface area contributed by atoms with E-state index >= 15 is 0 Å². The third-order valence-corrected chi connectivity index (χ3v) is 7.69. The second-order valence-electron chi connectivity index (χ2n) is 8.49. The van der Waals surface area contributed by atoms with Crippen LogP contribution in [0.1, 0.15) is 45.1 Å². The van der Waals surface area contributed by atoms with Crippen LogP contribution in [0.15, 0.2) is 47.4 Å². The van der Waals surface area contributed by atoms with E-state index in [4.69, 9.17) is 4.74 Å². The minimum absolute atomic E-state index is 0.140. The van der Waals surface area contributed by atoms with Gasteiger partial charge < -0.3 is 15.4 Å². The van der Waals surface area contributed by atoms with Gasteiger partial charge in [0.05, 0.1) is 7.11 Å². The summed E-state index contributed by atoms with van der Waals surface area (Å²) in [4.78, 5) is 24.0. The molecule has 2 amide bonds. The molecular formula is C24H31N3O5S. The molecule has 1 heterocycles. The lowest BCUT2D eigenvalue weighted by molar-refractivity contribution is -0.121. The maximum absolute atomic E-state index is 13.3. The molecule has 0 atom stereocenters. The van der Waals surface area contributed by atoms with Gasteiger partial charge in [-0.15, -0.1) is 0 Å². The maximum Gasteiger partial charge on any atom is 0.246 e. The number of sulfonamides is 1. The Balaban J connectivity index is 1.65. The quantitative estimate of drug-likeness (QED) is 0.636. The second kappa shape index (κ2) is 10.4. The number of rotatable bonds is 7. The van der Waals surface area contributed by atoms with E-state index in [1.165, 1.54) is 18.3 Å². The van der Waals surface area contributed by atoms with Gasteiger partial charge in [0.25, 0.3) is 0 Å². The van der Waals surface area contributed by atoms with Crippen LogP contribution in [0.5, 0.6) is 5.75 Å². The summed E-state index contributed by atoms with van der Waals surface area (Å²) in [7, 11) is -2.28. The van der Waals surface area contributed by atoms with Gasteiger partial charge in [0, 0.05) is 37.3 Å². The summed E-state index contributed by atoms with van der Waals surface area (Å²) >= 11 is 0. The van der Waals surface area contributed by atoms with Gasteiger partial charge in [0.2, 0.25) is 21.8 Å². The SMILES string of the molecule is COc1ccc(C(C)C)cc1S(=O)(=O)N1CCC(C(=O)Nc2ccc(NC(C)=O)cc2)CC1. The number of hydrogen-bond donors (Lipinski definition) is 2. The number of benzene rings is 2. The molecule has 1 aliphatic rings. The summed E-state index contributed by atoms with van der Waals surface area (Å²) in [6, 6.07) is 12.1. The number of hydrogen-bond acceptors (Lipinski definition) is 5. The topological polar surface area (TPSA) is 105 Å². The summed E-state index contributed by atoms with van der Waals surface area (Å²) in [6.45, 7) is 5.97. The summed E-state index contributed by atoms with van der Waals surface area (Å²) in [5.74, 6) is -0.0790. The summed E-state index contributed by atoms with van der Waals surface area (Å²) in [6.07, 6.45) is 0.864. The van der Waals surface area contributed by atoms with Gasteiger partial charge in [0.15, 0.2) is 0 Å². The molecule has 2 aromatic carbocycles. The van der Waals surface area contributed by atoms with Crippen LogP contribution in [-0.4, -0.2) is 44.7 Å². The van der Waals surface area contributed by atoms with Gasteiger partial charge in [-0.25, -0.2) is 8.42 Å². The van der Waals surface area contributed by atoms with Crippen LogP contribution in [-0.2, 0) is 19.6 Å². The Labute approximate surface area is 195 Å². The normalized spacial score (nSPS) is 15.3. The van der Waals surface area contributed by atoms with E-state index in [2.05, 4.69) is 10.6 Å². The molecule has 178 valence electrons. The Morgan fingerprint density at radius 1 is 1.00 bits per heavy atom. The predicted molar refractivity (Wildman–Crippen MR) is 128 cm³/mol. The first kappa shape index (κ1) is 24.7. The number of nitrogens with one attached hydrogen (secondary N) is 2. The standard InChI is InChI=1S/C24H31N3O5S/c1-16(2)19-5-10-22(32-4)23(15-19)33(30,31)27-13-11-18(12-14-27)24(29)26-21-8-6-20(7-9-21)25-17(3)28/h5-10,15-16,18H,11-14H2,1-4H3,(H,25,28)(H,26,29). The highest BCUT2D eigenvalue weighted by molar-refractivity contribution is 7.89. The van der Waals surface area contributed by atoms with Gasteiger partial charge in [0.1, 0.15) is 10.6 Å². The van der Waals surface area contributed by atoms with E-state index in [1.54, 1.807) is 36.4 Å². The zero-order valence-electron chi connectivity index (χ0n) is 19.4. The largest absolute Gasteiger partial charge is 0.495 e. The van der Waals surface area contributed by atoms with Crippen molar-refractivity contribution in [2.45, 2.75) is 44.4 Å². The number of carbonyl (C=O) groups is 2. The Morgan fingerprint density at radius 3 is 2.09 bits per heavy atom. The Hall–Kier alpha value is -2.91. The highest BCUT2D eigenvalue weighted by Crippen LogP contribution is 2.32. The van der Waals surface area contributed by atoms with Crippen LogP contribution in [0.2, 0.25) is 0 Å². The van der Waals surface area contributed by atoms with Crippen molar-refractivity contribution in [3.63, 3.8) is 0 Å². The number of amides is 2. The molecule has 33 heavy (non-hydrogen) atoms. The third kappa shape index (κ3) is 5.91. The van der Waals surface area contributed by atoms with Crippen molar-refractivity contribution >= 4 is 33.2 Å². The molecule has 1 saturated heterocycles. The van der Waals surface area contributed by atoms with Crippen molar-refractivity contribution in [2.75, 3.05) is 30.8 Å². The zero-order chi connectivity index (χ0) is 24.2. The molecule has 0 aliphatic carbocycles. The Kier molecular flexibility index (Phi) is 7.76. The van der Waals surface area contributed by atoms with Crippen LogP contribution in [0.25, 0.3) is 0 Å². The number of methoxy groups -OCH3 is 1. The van der Waals surface area contributed by atoms with E-state index in [-0.39, 0.29) is 41.6 Å². The minimum Gasteiger partial charge on any atom is -0.495 e. The Morgan fingerprint density at radius 2 is 1.58 bits per heavy atom. The maximum atomic E-state index is 13.3. The van der Waals surface area contributed by atoms with Crippen molar-refractivity contribution in [2.24, 2.45) is 5.92 Å². The number of carbonyl (C=O) groups excluding carboxylic acids is 2. The lowest BCUT2D eigenvalue weighted by Crippen LogP contribution is -2.41. The van der Waals surface area contributed by atoms with Crippen LogP contribution < -0.4 is 15.4 Å². The molecule has 2 aromatic rings. The van der Waals surface area contributed by atoms with Crippen molar-refractivity contribution in [3.05, 3.63) is 48.0 Å². The van der Waals surface area contributed by atoms with Gasteiger partial charge in [-0.3, -0.25) is 9.59 Å². The number of piperidine rings is 1. The molecule has 0 radical (unpaired) electrons. The van der Waals surface area contributed by atoms with Crippen LogP contribution in [0.4, 0.5) is 11.4 Å². The van der Waals surface area contributed by atoms with Gasteiger partial charge in [-0.1, -0.05) is 19.9 Å². The van der Waals surface area contributed by atoms with Gasteiger partial charge in [-0.05, 0) is 60.7 Å². The fourth-order valence-electron chi connectivity index (χ4n) is 3.84. The van der Waals surface area contributed by atoms with Crippen molar-refractivity contribution in [1.82, 2.24) is 4.31 Å². The first-order chi connectivity index (χ1) is 15.6. The molecule has 1 fully saturated rings. The summed E-state index contributed by atoms with van der Waals surface area (Å²) < 4.78 is 33.4. The van der Waals surface area contributed by atoms with Gasteiger partial charge >= 0.3 is 0 Å². The summed E-state index contributed by atoms with van der Waals surface area (Å²) in [5, 5.41) is 5.55. The van der Waals surface area contributed by atoms with E-state index in [9.17, 15) is 18.0 Å².